The average Bonchev–Trinajstić information content (AvgIpc) is 2.37. The Kier molecular flexibility index (Phi) is 4.22. The lowest BCUT2D eigenvalue weighted by Gasteiger charge is -2.44. The lowest BCUT2D eigenvalue weighted by molar-refractivity contribution is -0.147. The fourth-order valence-corrected chi connectivity index (χ4v) is 3.10. The molecule has 0 aromatic rings. The minimum Gasteiger partial charge on any atom is -0.350 e. The third kappa shape index (κ3) is 2.66. The maximum Gasteiger partial charge on any atom is 0.239 e. The molecule has 2 aliphatic rings. The summed E-state index contributed by atoms with van der Waals surface area (Å²) >= 11 is 0. The van der Waals surface area contributed by atoms with Crippen LogP contribution < -0.4 is 10.6 Å². The van der Waals surface area contributed by atoms with Gasteiger partial charge in [-0.05, 0) is 19.9 Å². The summed E-state index contributed by atoms with van der Waals surface area (Å²) in [6, 6.07) is 0.383. The van der Waals surface area contributed by atoms with Crippen molar-refractivity contribution >= 4 is 11.8 Å². The molecule has 3 unspecified atom stereocenters. The van der Waals surface area contributed by atoms with Gasteiger partial charge in [-0.2, -0.15) is 0 Å². The molecule has 1 heterocycles. The van der Waals surface area contributed by atoms with E-state index in [-0.39, 0.29) is 36.4 Å². The van der Waals surface area contributed by atoms with Crippen LogP contribution in [0, 0.1) is 5.92 Å². The van der Waals surface area contributed by atoms with Crippen LogP contribution in [0.2, 0.25) is 0 Å². The van der Waals surface area contributed by atoms with Gasteiger partial charge in [0.05, 0.1) is 12.6 Å². The molecular formula is C13H23N3O2. The number of hydrogen-bond donors (Lipinski definition) is 2. The first-order valence-corrected chi connectivity index (χ1v) is 6.88. The van der Waals surface area contributed by atoms with Crippen LogP contribution in [-0.4, -0.2) is 48.9 Å². The first-order chi connectivity index (χ1) is 8.63. The van der Waals surface area contributed by atoms with Gasteiger partial charge in [-0.15, -0.1) is 0 Å². The highest BCUT2D eigenvalue weighted by Crippen LogP contribution is 2.26. The first-order valence-electron chi connectivity index (χ1n) is 6.88. The number of piperazine rings is 1. The van der Waals surface area contributed by atoms with E-state index in [9.17, 15) is 9.59 Å². The summed E-state index contributed by atoms with van der Waals surface area (Å²) in [6.07, 6.45) is 4.32. The summed E-state index contributed by atoms with van der Waals surface area (Å²) in [5.41, 5.74) is 0. The summed E-state index contributed by atoms with van der Waals surface area (Å²) in [6.45, 7) is 2.81. The molecule has 102 valence electrons. The highest BCUT2D eigenvalue weighted by atomic mass is 16.2. The summed E-state index contributed by atoms with van der Waals surface area (Å²) in [5, 5.41) is 6.05. The monoisotopic (exact) mass is 253 g/mol. The Morgan fingerprint density at radius 1 is 1.50 bits per heavy atom. The number of carbonyl (C=O) groups is 2. The van der Waals surface area contributed by atoms with Crippen molar-refractivity contribution in [3.05, 3.63) is 0 Å². The van der Waals surface area contributed by atoms with Crippen molar-refractivity contribution in [2.45, 2.75) is 44.7 Å². The summed E-state index contributed by atoms with van der Waals surface area (Å²) in [7, 11) is 1.84. The van der Waals surface area contributed by atoms with Gasteiger partial charge in [-0.3, -0.25) is 9.59 Å². The lowest BCUT2D eigenvalue weighted by atomic mass is 9.87. The number of nitrogens with zero attached hydrogens (tertiary/aromatic N) is 1. The van der Waals surface area contributed by atoms with Gasteiger partial charge in [-0.25, -0.2) is 0 Å². The molecule has 18 heavy (non-hydrogen) atoms. The van der Waals surface area contributed by atoms with Gasteiger partial charge < -0.3 is 15.5 Å². The van der Waals surface area contributed by atoms with Gasteiger partial charge in [0.1, 0.15) is 0 Å². The van der Waals surface area contributed by atoms with E-state index in [0.717, 1.165) is 25.7 Å². The van der Waals surface area contributed by atoms with Crippen LogP contribution in [0.5, 0.6) is 0 Å². The summed E-state index contributed by atoms with van der Waals surface area (Å²) < 4.78 is 0. The van der Waals surface area contributed by atoms with E-state index in [1.807, 2.05) is 18.9 Å². The standard InChI is InChI=1S/C13H23N3O2/c1-9(7-14-2)13(18)16-8-12(17)15-10-5-3-4-6-11(10)16/h9-11,14H,3-8H2,1-2H3,(H,15,17). The highest BCUT2D eigenvalue weighted by Gasteiger charge is 2.39. The van der Waals surface area contributed by atoms with Crippen molar-refractivity contribution in [1.82, 2.24) is 15.5 Å². The molecule has 1 saturated carbocycles. The molecule has 3 atom stereocenters. The molecule has 5 nitrogen and oxygen atoms in total. The molecule has 1 aliphatic heterocycles. The molecule has 1 aliphatic carbocycles. The second kappa shape index (κ2) is 5.69. The second-order valence-electron chi connectivity index (χ2n) is 5.45. The molecule has 0 bridgehead atoms. The van der Waals surface area contributed by atoms with Crippen LogP contribution in [0.15, 0.2) is 0 Å². The average molecular weight is 253 g/mol. The third-order valence-corrected chi connectivity index (χ3v) is 4.01. The van der Waals surface area contributed by atoms with E-state index >= 15 is 0 Å². The zero-order chi connectivity index (χ0) is 13.1. The van der Waals surface area contributed by atoms with Gasteiger partial charge in [0.25, 0.3) is 0 Å². The summed E-state index contributed by atoms with van der Waals surface area (Å²) in [4.78, 5) is 25.9. The van der Waals surface area contributed by atoms with Crippen molar-refractivity contribution in [3.63, 3.8) is 0 Å². The largest absolute Gasteiger partial charge is 0.350 e. The number of nitrogens with one attached hydrogen (secondary N) is 2. The predicted molar refractivity (Wildman–Crippen MR) is 69.0 cm³/mol. The van der Waals surface area contributed by atoms with Crippen molar-refractivity contribution in [2.75, 3.05) is 20.1 Å². The Morgan fingerprint density at radius 2 is 2.22 bits per heavy atom. The van der Waals surface area contributed by atoms with E-state index in [4.69, 9.17) is 0 Å². The van der Waals surface area contributed by atoms with Crippen molar-refractivity contribution in [2.24, 2.45) is 5.92 Å². The number of rotatable bonds is 3. The van der Waals surface area contributed by atoms with Crippen LogP contribution >= 0.6 is 0 Å². The van der Waals surface area contributed by atoms with Gasteiger partial charge in [0.2, 0.25) is 11.8 Å². The fraction of sp³-hybridized carbons (Fsp3) is 0.846. The molecule has 2 amide bonds. The van der Waals surface area contributed by atoms with E-state index in [1.165, 1.54) is 0 Å². The minimum atomic E-state index is -0.0662. The van der Waals surface area contributed by atoms with Crippen LogP contribution in [0.4, 0.5) is 0 Å². The maximum atomic E-state index is 12.4. The zero-order valence-electron chi connectivity index (χ0n) is 11.2. The Morgan fingerprint density at radius 3 is 2.94 bits per heavy atom. The lowest BCUT2D eigenvalue weighted by Crippen LogP contribution is -2.63. The van der Waals surface area contributed by atoms with Crippen LogP contribution in [-0.2, 0) is 9.59 Å². The molecular weight excluding hydrogens is 230 g/mol. The predicted octanol–water partition coefficient (Wildman–Crippen LogP) is 0.112. The van der Waals surface area contributed by atoms with Crippen molar-refractivity contribution < 1.29 is 9.59 Å². The number of carbonyl (C=O) groups excluding carboxylic acids is 2. The van der Waals surface area contributed by atoms with Crippen LogP contribution in [0.1, 0.15) is 32.6 Å². The van der Waals surface area contributed by atoms with E-state index in [0.29, 0.717) is 6.54 Å². The quantitative estimate of drug-likeness (QED) is 0.750. The topological polar surface area (TPSA) is 61.4 Å². The van der Waals surface area contributed by atoms with E-state index < -0.39 is 0 Å². The third-order valence-electron chi connectivity index (χ3n) is 4.01. The van der Waals surface area contributed by atoms with Gasteiger partial charge in [0, 0.05) is 18.5 Å². The molecule has 2 N–H and O–H groups in total. The van der Waals surface area contributed by atoms with E-state index in [2.05, 4.69) is 10.6 Å². The van der Waals surface area contributed by atoms with Crippen LogP contribution in [0.3, 0.4) is 0 Å². The number of fused-ring (bicyclic) bond motifs is 1. The van der Waals surface area contributed by atoms with E-state index in [1.54, 1.807) is 0 Å². The Balaban J connectivity index is 2.08. The highest BCUT2D eigenvalue weighted by molar-refractivity contribution is 5.87. The molecule has 2 fully saturated rings. The Hall–Kier alpha value is -1.10. The normalized spacial score (nSPS) is 29.4. The SMILES string of the molecule is CNCC(C)C(=O)N1CC(=O)NC2CCCCC21. The van der Waals surface area contributed by atoms with Crippen molar-refractivity contribution in [1.29, 1.82) is 0 Å². The maximum absolute atomic E-state index is 12.4. The van der Waals surface area contributed by atoms with Gasteiger partial charge >= 0.3 is 0 Å². The number of amides is 2. The first kappa shape index (κ1) is 13.3. The zero-order valence-corrected chi connectivity index (χ0v) is 11.2. The second-order valence-corrected chi connectivity index (χ2v) is 5.45. The minimum absolute atomic E-state index is 0.0110. The summed E-state index contributed by atoms with van der Waals surface area (Å²) in [5.74, 6) is 0.0303. The molecule has 0 aromatic heterocycles. The van der Waals surface area contributed by atoms with Gasteiger partial charge in [0.15, 0.2) is 0 Å². The number of hydrogen-bond acceptors (Lipinski definition) is 3. The molecule has 0 spiro atoms. The molecule has 2 rings (SSSR count). The molecule has 5 heteroatoms. The Labute approximate surface area is 108 Å². The van der Waals surface area contributed by atoms with Crippen molar-refractivity contribution in [3.8, 4) is 0 Å². The molecule has 1 saturated heterocycles. The molecule has 0 aromatic carbocycles. The van der Waals surface area contributed by atoms with Crippen LogP contribution in [0.25, 0.3) is 0 Å². The Bertz CT molecular complexity index is 332. The fourth-order valence-electron chi connectivity index (χ4n) is 3.10. The smallest absolute Gasteiger partial charge is 0.239 e. The van der Waals surface area contributed by atoms with Gasteiger partial charge in [-0.1, -0.05) is 19.8 Å². The molecule has 0 radical (unpaired) electrons.